The van der Waals surface area contributed by atoms with E-state index in [0.29, 0.717) is 5.82 Å². The standard InChI is InChI=1S/C16H21N3O/c1-16(10-6-3-7-11-16)15-18-17-14(12-20)19(15)13-8-4-2-5-9-13/h2,4-5,8-9,20H,3,6-7,10-12H2,1H3. The molecule has 1 N–H and O–H groups in total. The van der Waals surface area contributed by atoms with Crippen LogP contribution in [0.2, 0.25) is 0 Å². The topological polar surface area (TPSA) is 50.9 Å². The summed E-state index contributed by atoms with van der Waals surface area (Å²) in [6.45, 7) is 2.19. The molecule has 0 spiro atoms. The van der Waals surface area contributed by atoms with Crippen LogP contribution in [0.4, 0.5) is 0 Å². The molecule has 1 aromatic heterocycles. The van der Waals surface area contributed by atoms with Crippen molar-refractivity contribution in [2.75, 3.05) is 0 Å². The van der Waals surface area contributed by atoms with E-state index in [4.69, 9.17) is 0 Å². The molecule has 0 unspecified atom stereocenters. The molecule has 0 aliphatic heterocycles. The molecule has 0 saturated heterocycles. The van der Waals surface area contributed by atoms with Gasteiger partial charge in [0.2, 0.25) is 0 Å². The van der Waals surface area contributed by atoms with Crippen LogP contribution in [0.1, 0.15) is 50.7 Å². The minimum atomic E-state index is -0.0853. The Kier molecular flexibility index (Phi) is 3.57. The van der Waals surface area contributed by atoms with Crippen LogP contribution in [0.15, 0.2) is 30.3 Å². The van der Waals surface area contributed by atoms with Crippen LogP contribution >= 0.6 is 0 Å². The average Bonchev–Trinajstić information content (AvgIpc) is 2.93. The zero-order chi connectivity index (χ0) is 14.0. The fraction of sp³-hybridized carbons (Fsp3) is 0.500. The van der Waals surface area contributed by atoms with Gasteiger partial charge in [0.25, 0.3) is 0 Å². The van der Waals surface area contributed by atoms with E-state index >= 15 is 0 Å². The summed E-state index contributed by atoms with van der Waals surface area (Å²) in [7, 11) is 0. The van der Waals surface area contributed by atoms with E-state index in [1.165, 1.54) is 19.3 Å². The summed E-state index contributed by atoms with van der Waals surface area (Å²) in [5, 5.41) is 18.2. The van der Waals surface area contributed by atoms with Gasteiger partial charge in [-0.15, -0.1) is 10.2 Å². The SMILES string of the molecule is CC1(c2nnc(CO)n2-c2ccccc2)CCCCC1. The highest BCUT2D eigenvalue weighted by molar-refractivity contribution is 5.35. The Morgan fingerprint density at radius 3 is 2.45 bits per heavy atom. The Labute approximate surface area is 119 Å². The van der Waals surface area contributed by atoms with Crippen molar-refractivity contribution >= 4 is 0 Å². The lowest BCUT2D eigenvalue weighted by Gasteiger charge is -2.33. The van der Waals surface area contributed by atoms with Gasteiger partial charge in [-0.1, -0.05) is 44.4 Å². The van der Waals surface area contributed by atoms with Gasteiger partial charge < -0.3 is 5.11 Å². The highest BCUT2D eigenvalue weighted by atomic mass is 16.3. The fourth-order valence-corrected chi connectivity index (χ4v) is 3.21. The summed E-state index contributed by atoms with van der Waals surface area (Å²) >= 11 is 0. The third-order valence-corrected chi connectivity index (χ3v) is 4.38. The van der Waals surface area contributed by atoms with E-state index in [-0.39, 0.29) is 12.0 Å². The molecule has 4 nitrogen and oxygen atoms in total. The molecule has 1 aromatic carbocycles. The van der Waals surface area contributed by atoms with Gasteiger partial charge in [0.15, 0.2) is 5.82 Å². The van der Waals surface area contributed by atoms with Crippen molar-refractivity contribution in [1.29, 1.82) is 0 Å². The number of aliphatic hydroxyl groups is 1. The second-order valence-electron chi connectivity index (χ2n) is 5.89. The smallest absolute Gasteiger partial charge is 0.163 e. The number of hydrogen-bond acceptors (Lipinski definition) is 3. The van der Waals surface area contributed by atoms with E-state index in [2.05, 4.69) is 17.1 Å². The maximum atomic E-state index is 9.55. The van der Waals surface area contributed by atoms with E-state index in [0.717, 1.165) is 24.4 Å². The molecule has 2 aromatic rings. The largest absolute Gasteiger partial charge is 0.388 e. The van der Waals surface area contributed by atoms with E-state index in [1.807, 2.05) is 34.9 Å². The van der Waals surface area contributed by atoms with Crippen LogP contribution in [0.3, 0.4) is 0 Å². The van der Waals surface area contributed by atoms with Gasteiger partial charge in [-0.05, 0) is 25.0 Å². The maximum Gasteiger partial charge on any atom is 0.163 e. The second kappa shape index (κ2) is 5.37. The minimum absolute atomic E-state index is 0.0640. The number of aromatic nitrogens is 3. The Morgan fingerprint density at radius 2 is 1.80 bits per heavy atom. The Bertz CT molecular complexity index is 571. The maximum absolute atomic E-state index is 9.55. The van der Waals surface area contributed by atoms with Crippen LogP contribution in [0, 0.1) is 0 Å². The Morgan fingerprint density at radius 1 is 1.10 bits per heavy atom. The number of aliphatic hydroxyl groups excluding tert-OH is 1. The number of rotatable bonds is 3. The van der Waals surface area contributed by atoms with Crippen LogP contribution in [0.25, 0.3) is 5.69 Å². The first-order valence-electron chi connectivity index (χ1n) is 7.36. The molecule has 0 bridgehead atoms. The van der Waals surface area contributed by atoms with Gasteiger partial charge in [-0.2, -0.15) is 0 Å². The second-order valence-corrected chi connectivity index (χ2v) is 5.89. The molecule has 1 fully saturated rings. The van der Waals surface area contributed by atoms with Crippen molar-refractivity contribution in [2.45, 2.75) is 51.0 Å². The zero-order valence-corrected chi connectivity index (χ0v) is 11.9. The molecule has 3 rings (SSSR count). The molecule has 0 amide bonds. The predicted molar refractivity (Wildman–Crippen MR) is 77.7 cm³/mol. The summed E-state index contributed by atoms with van der Waals surface area (Å²) in [5.74, 6) is 1.62. The third-order valence-electron chi connectivity index (χ3n) is 4.38. The molecule has 0 radical (unpaired) electrons. The molecule has 1 saturated carbocycles. The van der Waals surface area contributed by atoms with Gasteiger partial charge in [0, 0.05) is 11.1 Å². The molecular formula is C16H21N3O. The average molecular weight is 271 g/mol. The summed E-state index contributed by atoms with van der Waals surface area (Å²) in [6, 6.07) is 10.1. The predicted octanol–water partition coefficient (Wildman–Crippen LogP) is 2.98. The minimum Gasteiger partial charge on any atom is -0.388 e. The number of hydrogen-bond donors (Lipinski definition) is 1. The first-order valence-corrected chi connectivity index (χ1v) is 7.36. The van der Waals surface area contributed by atoms with Crippen molar-refractivity contribution < 1.29 is 5.11 Å². The van der Waals surface area contributed by atoms with Crippen molar-refractivity contribution in [3.63, 3.8) is 0 Å². The van der Waals surface area contributed by atoms with E-state index in [1.54, 1.807) is 0 Å². The van der Waals surface area contributed by atoms with E-state index < -0.39 is 0 Å². The molecule has 0 atom stereocenters. The van der Waals surface area contributed by atoms with Crippen molar-refractivity contribution in [3.8, 4) is 5.69 Å². The zero-order valence-electron chi connectivity index (χ0n) is 11.9. The van der Waals surface area contributed by atoms with Gasteiger partial charge in [0.1, 0.15) is 12.4 Å². The van der Waals surface area contributed by atoms with Crippen molar-refractivity contribution in [3.05, 3.63) is 42.0 Å². The molecule has 20 heavy (non-hydrogen) atoms. The molecule has 106 valence electrons. The summed E-state index contributed by atoms with van der Waals surface area (Å²) in [5.41, 5.74) is 1.09. The van der Waals surface area contributed by atoms with Crippen molar-refractivity contribution in [1.82, 2.24) is 14.8 Å². The number of nitrogens with zero attached hydrogens (tertiary/aromatic N) is 3. The Hall–Kier alpha value is -1.68. The molecule has 1 aliphatic rings. The molecule has 1 heterocycles. The molecule has 1 aliphatic carbocycles. The van der Waals surface area contributed by atoms with Crippen LogP contribution in [-0.4, -0.2) is 19.9 Å². The van der Waals surface area contributed by atoms with Crippen LogP contribution < -0.4 is 0 Å². The lowest BCUT2D eigenvalue weighted by molar-refractivity contribution is 0.265. The summed E-state index contributed by atoms with van der Waals surface area (Å²) < 4.78 is 2.03. The third kappa shape index (κ3) is 2.24. The fourth-order valence-electron chi connectivity index (χ4n) is 3.21. The highest BCUT2D eigenvalue weighted by Crippen LogP contribution is 2.39. The molecule has 4 heteroatoms. The first-order chi connectivity index (χ1) is 9.74. The number of para-hydroxylation sites is 1. The first kappa shape index (κ1) is 13.3. The number of benzene rings is 1. The highest BCUT2D eigenvalue weighted by Gasteiger charge is 2.34. The van der Waals surface area contributed by atoms with Gasteiger partial charge in [-0.3, -0.25) is 4.57 Å². The van der Waals surface area contributed by atoms with Crippen molar-refractivity contribution in [2.24, 2.45) is 0 Å². The summed E-state index contributed by atoms with van der Waals surface area (Å²) in [4.78, 5) is 0. The lowest BCUT2D eigenvalue weighted by atomic mass is 9.75. The molecular weight excluding hydrogens is 250 g/mol. The van der Waals surface area contributed by atoms with Crippen LogP contribution in [-0.2, 0) is 12.0 Å². The van der Waals surface area contributed by atoms with Crippen LogP contribution in [0.5, 0.6) is 0 Å². The summed E-state index contributed by atoms with van der Waals surface area (Å²) in [6.07, 6.45) is 6.08. The van der Waals surface area contributed by atoms with Gasteiger partial charge in [-0.25, -0.2) is 0 Å². The monoisotopic (exact) mass is 271 g/mol. The Balaban J connectivity index is 2.10. The van der Waals surface area contributed by atoms with Gasteiger partial charge in [0.05, 0.1) is 0 Å². The lowest BCUT2D eigenvalue weighted by Crippen LogP contribution is -2.29. The quantitative estimate of drug-likeness (QED) is 0.933. The van der Waals surface area contributed by atoms with Gasteiger partial charge >= 0.3 is 0 Å². The van der Waals surface area contributed by atoms with E-state index in [9.17, 15) is 5.11 Å². The normalized spacial score (nSPS) is 18.1.